The summed E-state index contributed by atoms with van der Waals surface area (Å²) in [5.74, 6) is 0. The summed E-state index contributed by atoms with van der Waals surface area (Å²) in [6.45, 7) is 6.53. The van der Waals surface area contributed by atoms with Crippen molar-refractivity contribution in [2.45, 2.75) is 20.8 Å². The third kappa shape index (κ3) is 2.76. The van der Waals surface area contributed by atoms with E-state index in [2.05, 4.69) is 84.9 Å². The van der Waals surface area contributed by atoms with E-state index in [4.69, 9.17) is 0 Å². The van der Waals surface area contributed by atoms with E-state index >= 15 is 0 Å². The SMILES string of the molecule is Cc1cc(C)c(C)c(-c2cc3c(-c4ccncn4)cccc3c[n+]2C)c1. The predicted molar refractivity (Wildman–Crippen MR) is 106 cm³/mol. The third-order valence-corrected chi connectivity index (χ3v) is 5.08. The van der Waals surface area contributed by atoms with Crippen molar-refractivity contribution < 1.29 is 4.57 Å². The topological polar surface area (TPSA) is 29.7 Å². The highest BCUT2D eigenvalue weighted by molar-refractivity contribution is 5.96. The first-order valence-corrected chi connectivity index (χ1v) is 8.81. The number of nitrogens with zero attached hydrogens (tertiary/aromatic N) is 3. The van der Waals surface area contributed by atoms with Crippen molar-refractivity contribution in [3.63, 3.8) is 0 Å². The highest BCUT2D eigenvalue weighted by Crippen LogP contribution is 2.31. The Labute approximate surface area is 154 Å². The second kappa shape index (κ2) is 6.34. The fourth-order valence-corrected chi connectivity index (χ4v) is 3.62. The average Bonchev–Trinajstić information content (AvgIpc) is 2.64. The van der Waals surface area contributed by atoms with Crippen LogP contribution in [0.1, 0.15) is 16.7 Å². The number of benzene rings is 2. The quantitative estimate of drug-likeness (QED) is 0.495. The highest BCUT2D eigenvalue weighted by atomic mass is 14.9. The average molecular weight is 340 g/mol. The molecule has 0 radical (unpaired) electrons. The number of hydrogen-bond donors (Lipinski definition) is 0. The van der Waals surface area contributed by atoms with Crippen molar-refractivity contribution in [2.75, 3.05) is 0 Å². The summed E-state index contributed by atoms with van der Waals surface area (Å²) in [5, 5.41) is 2.41. The van der Waals surface area contributed by atoms with Gasteiger partial charge in [-0.3, -0.25) is 0 Å². The van der Waals surface area contributed by atoms with Crippen LogP contribution < -0.4 is 4.57 Å². The van der Waals surface area contributed by atoms with Crippen molar-refractivity contribution in [1.82, 2.24) is 9.97 Å². The fraction of sp³-hybridized carbons (Fsp3) is 0.174. The molecular formula is C23H22N3+. The molecule has 0 saturated heterocycles. The van der Waals surface area contributed by atoms with Crippen LogP contribution in [0.4, 0.5) is 0 Å². The van der Waals surface area contributed by atoms with Gasteiger partial charge in [0, 0.05) is 34.2 Å². The van der Waals surface area contributed by atoms with Gasteiger partial charge in [0.1, 0.15) is 13.4 Å². The molecule has 3 heteroatoms. The summed E-state index contributed by atoms with van der Waals surface area (Å²) in [6.07, 6.45) is 5.59. The van der Waals surface area contributed by atoms with Gasteiger partial charge in [0.15, 0.2) is 6.20 Å². The van der Waals surface area contributed by atoms with Gasteiger partial charge in [-0.1, -0.05) is 23.8 Å². The Kier molecular flexibility index (Phi) is 4.00. The summed E-state index contributed by atoms with van der Waals surface area (Å²) in [7, 11) is 2.11. The molecule has 0 bridgehead atoms. The zero-order valence-electron chi connectivity index (χ0n) is 15.6. The number of pyridine rings is 1. The van der Waals surface area contributed by atoms with E-state index in [1.807, 2.05) is 6.07 Å². The molecule has 0 amide bonds. The largest absolute Gasteiger partial charge is 0.245 e. The Hall–Kier alpha value is -3.07. The van der Waals surface area contributed by atoms with E-state index in [0.29, 0.717) is 0 Å². The summed E-state index contributed by atoms with van der Waals surface area (Å²) in [4.78, 5) is 8.50. The van der Waals surface area contributed by atoms with Gasteiger partial charge in [0.05, 0.1) is 5.69 Å². The van der Waals surface area contributed by atoms with Crippen molar-refractivity contribution in [3.8, 4) is 22.5 Å². The Bertz CT molecular complexity index is 1120. The number of hydrogen-bond acceptors (Lipinski definition) is 2. The van der Waals surface area contributed by atoms with Crippen LogP contribution in [-0.2, 0) is 7.05 Å². The monoisotopic (exact) mass is 340 g/mol. The van der Waals surface area contributed by atoms with Gasteiger partial charge in [-0.25, -0.2) is 14.5 Å². The third-order valence-electron chi connectivity index (χ3n) is 5.08. The standard InChI is InChI=1S/C23H22N3/c1-15-10-16(2)17(3)20(11-15)23-12-21-18(13-26(23)4)6-5-7-19(21)22-8-9-24-14-25-22/h5-14H,1-4H3/q+1. The molecule has 0 spiro atoms. The van der Waals surface area contributed by atoms with Gasteiger partial charge in [0.2, 0.25) is 5.69 Å². The van der Waals surface area contributed by atoms with E-state index in [0.717, 1.165) is 11.3 Å². The first-order chi connectivity index (χ1) is 12.5. The van der Waals surface area contributed by atoms with Gasteiger partial charge in [-0.2, -0.15) is 0 Å². The van der Waals surface area contributed by atoms with E-state index < -0.39 is 0 Å². The molecule has 2 aromatic heterocycles. The zero-order valence-corrected chi connectivity index (χ0v) is 15.6. The molecule has 128 valence electrons. The van der Waals surface area contributed by atoms with Crippen LogP contribution in [0.3, 0.4) is 0 Å². The second-order valence-electron chi connectivity index (χ2n) is 6.93. The molecule has 3 nitrogen and oxygen atoms in total. The molecule has 0 unspecified atom stereocenters. The molecule has 0 atom stereocenters. The van der Waals surface area contributed by atoms with Gasteiger partial charge in [-0.05, 0) is 50.1 Å². The summed E-state index contributed by atoms with van der Waals surface area (Å²) in [5.41, 5.74) is 8.51. The summed E-state index contributed by atoms with van der Waals surface area (Å²) in [6, 6.07) is 15.1. The maximum atomic E-state index is 4.45. The Morgan fingerprint density at radius 3 is 2.54 bits per heavy atom. The maximum Gasteiger partial charge on any atom is 0.213 e. The van der Waals surface area contributed by atoms with E-state index in [9.17, 15) is 0 Å². The van der Waals surface area contributed by atoms with Crippen LogP contribution in [0, 0.1) is 20.8 Å². The molecule has 2 aromatic carbocycles. The van der Waals surface area contributed by atoms with Crippen molar-refractivity contribution in [2.24, 2.45) is 7.05 Å². The van der Waals surface area contributed by atoms with Gasteiger partial charge in [0.25, 0.3) is 0 Å². The molecule has 0 N–H and O–H groups in total. The van der Waals surface area contributed by atoms with Crippen LogP contribution in [0.15, 0.2) is 61.2 Å². The molecule has 2 heterocycles. The number of rotatable bonds is 2. The first-order valence-electron chi connectivity index (χ1n) is 8.81. The molecule has 4 aromatic rings. The van der Waals surface area contributed by atoms with Gasteiger partial charge >= 0.3 is 0 Å². The second-order valence-corrected chi connectivity index (χ2v) is 6.93. The van der Waals surface area contributed by atoms with Crippen LogP contribution in [0.25, 0.3) is 33.3 Å². The zero-order chi connectivity index (χ0) is 18.3. The van der Waals surface area contributed by atoms with E-state index in [1.54, 1.807) is 12.5 Å². The molecule has 4 rings (SSSR count). The lowest BCUT2D eigenvalue weighted by Gasteiger charge is -2.11. The minimum absolute atomic E-state index is 0.947. The molecule has 0 fully saturated rings. The van der Waals surface area contributed by atoms with Crippen LogP contribution >= 0.6 is 0 Å². The highest BCUT2D eigenvalue weighted by Gasteiger charge is 2.17. The summed E-state index contributed by atoms with van der Waals surface area (Å²) >= 11 is 0. The molecular weight excluding hydrogens is 318 g/mol. The molecule has 0 saturated carbocycles. The van der Waals surface area contributed by atoms with E-state index in [1.165, 1.54) is 38.7 Å². The normalized spacial score (nSPS) is 11.1. The van der Waals surface area contributed by atoms with Crippen LogP contribution in [0.5, 0.6) is 0 Å². The van der Waals surface area contributed by atoms with Crippen molar-refractivity contribution in [3.05, 3.63) is 77.9 Å². The molecule has 0 aliphatic carbocycles. The van der Waals surface area contributed by atoms with Gasteiger partial charge in [-0.15, -0.1) is 0 Å². The smallest absolute Gasteiger partial charge is 0.213 e. The minimum atomic E-state index is 0.947. The molecule has 26 heavy (non-hydrogen) atoms. The van der Waals surface area contributed by atoms with Crippen molar-refractivity contribution >= 4 is 10.8 Å². The Balaban J connectivity index is 2.03. The summed E-state index contributed by atoms with van der Waals surface area (Å²) < 4.78 is 2.22. The Morgan fingerprint density at radius 1 is 0.923 bits per heavy atom. The predicted octanol–water partition coefficient (Wildman–Crippen LogP) is 4.71. The van der Waals surface area contributed by atoms with Crippen LogP contribution in [-0.4, -0.2) is 9.97 Å². The van der Waals surface area contributed by atoms with E-state index in [-0.39, 0.29) is 0 Å². The maximum absolute atomic E-state index is 4.45. The lowest BCUT2D eigenvalue weighted by atomic mass is 9.95. The van der Waals surface area contributed by atoms with Crippen LogP contribution in [0.2, 0.25) is 0 Å². The minimum Gasteiger partial charge on any atom is -0.245 e. The van der Waals surface area contributed by atoms with Gasteiger partial charge < -0.3 is 0 Å². The first kappa shape index (κ1) is 16.4. The lowest BCUT2D eigenvalue weighted by Crippen LogP contribution is -2.30. The fourth-order valence-electron chi connectivity index (χ4n) is 3.62. The lowest BCUT2D eigenvalue weighted by molar-refractivity contribution is -0.659. The molecule has 0 aliphatic heterocycles. The number of aromatic nitrogens is 3. The van der Waals surface area contributed by atoms with Crippen molar-refractivity contribution in [1.29, 1.82) is 0 Å². The molecule has 0 aliphatic rings. The number of fused-ring (bicyclic) bond motifs is 1. The number of aryl methyl sites for hydroxylation is 3. The Morgan fingerprint density at radius 2 is 1.77 bits per heavy atom.